The molecule has 19 heavy (non-hydrogen) atoms. The molecule has 0 aliphatic carbocycles. The Hall–Kier alpha value is -1.04. The summed E-state index contributed by atoms with van der Waals surface area (Å²) in [4.78, 5) is 7.90. The molecule has 0 saturated heterocycles. The highest BCUT2D eigenvalue weighted by Crippen LogP contribution is 2.19. The molecule has 0 atom stereocenters. The molecule has 0 aliphatic rings. The van der Waals surface area contributed by atoms with Crippen LogP contribution < -0.4 is 5.32 Å². The van der Waals surface area contributed by atoms with Crippen molar-refractivity contribution in [2.75, 3.05) is 32.1 Å². The standard InChI is InChI=1S/C14H21N3OS/c1-3-18-8-6-15-7-9-19-14-16-12-5-4-11(2)10-13(12)17-14/h4-5,10,15H,3,6-9H2,1-2H3,(H,16,17). The lowest BCUT2D eigenvalue weighted by atomic mass is 10.2. The average molecular weight is 279 g/mol. The minimum atomic E-state index is 0.783. The fraction of sp³-hybridized carbons (Fsp3) is 0.500. The van der Waals surface area contributed by atoms with Gasteiger partial charge in [0.2, 0.25) is 0 Å². The van der Waals surface area contributed by atoms with Crippen molar-refractivity contribution in [1.29, 1.82) is 0 Å². The highest BCUT2D eigenvalue weighted by Gasteiger charge is 2.02. The lowest BCUT2D eigenvalue weighted by molar-refractivity contribution is 0.150. The molecule has 0 aliphatic heterocycles. The van der Waals surface area contributed by atoms with Gasteiger partial charge in [-0.2, -0.15) is 0 Å². The van der Waals surface area contributed by atoms with Gasteiger partial charge in [-0.3, -0.25) is 0 Å². The van der Waals surface area contributed by atoms with Gasteiger partial charge in [-0.15, -0.1) is 0 Å². The van der Waals surface area contributed by atoms with E-state index in [1.807, 2.05) is 6.92 Å². The van der Waals surface area contributed by atoms with Crippen LogP contribution in [0.4, 0.5) is 0 Å². The molecule has 5 heteroatoms. The van der Waals surface area contributed by atoms with Crippen LogP contribution >= 0.6 is 11.8 Å². The van der Waals surface area contributed by atoms with Gasteiger partial charge in [0, 0.05) is 25.4 Å². The fourth-order valence-corrected chi connectivity index (χ4v) is 2.59. The van der Waals surface area contributed by atoms with Crippen molar-refractivity contribution >= 4 is 22.8 Å². The van der Waals surface area contributed by atoms with Crippen LogP contribution in [-0.2, 0) is 4.74 Å². The van der Waals surface area contributed by atoms with Crippen LogP contribution in [0.1, 0.15) is 12.5 Å². The summed E-state index contributed by atoms with van der Waals surface area (Å²) in [6, 6.07) is 6.28. The van der Waals surface area contributed by atoms with E-state index in [1.54, 1.807) is 11.8 Å². The number of fused-ring (bicyclic) bond motifs is 1. The van der Waals surface area contributed by atoms with E-state index in [1.165, 1.54) is 5.56 Å². The van der Waals surface area contributed by atoms with Crippen LogP contribution in [0.25, 0.3) is 11.0 Å². The van der Waals surface area contributed by atoms with Crippen LogP contribution in [0.5, 0.6) is 0 Å². The van der Waals surface area contributed by atoms with Crippen LogP contribution in [0, 0.1) is 6.92 Å². The minimum absolute atomic E-state index is 0.783. The lowest BCUT2D eigenvalue weighted by Gasteiger charge is -2.03. The molecule has 0 saturated carbocycles. The Kier molecular flexibility index (Phi) is 5.69. The molecule has 2 aromatic rings. The Morgan fingerprint density at radius 1 is 1.37 bits per heavy atom. The number of hydrogen-bond donors (Lipinski definition) is 2. The molecule has 104 valence electrons. The first-order chi connectivity index (χ1) is 9.29. The molecule has 0 amide bonds. The Bertz CT molecular complexity index is 512. The second-order valence-corrected chi connectivity index (χ2v) is 5.44. The Labute approximate surface area is 118 Å². The molecule has 0 spiro atoms. The van der Waals surface area contributed by atoms with Crippen molar-refractivity contribution in [3.05, 3.63) is 23.8 Å². The molecular formula is C14H21N3OS. The number of nitrogens with zero attached hydrogens (tertiary/aromatic N) is 1. The summed E-state index contributed by atoms with van der Waals surface area (Å²) >= 11 is 1.75. The molecule has 0 bridgehead atoms. The molecule has 1 aromatic carbocycles. The van der Waals surface area contributed by atoms with Gasteiger partial charge in [0.25, 0.3) is 0 Å². The molecule has 2 N–H and O–H groups in total. The predicted molar refractivity (Wildman–Crippen MR) is 80.9 cm³/mol. The van der Waals surface area contributed by atoms with Gasteiger partial charge in [0.05, 0.1) is 17.6 Å². The van der Waals surface area contributed by atoms with E-state index >= 15 is 0 Å². The fourth-order valence-electron chi connectivity index (χ4n) is 1.80. The Balaban J connectivity index is 1.72. The van der Waals surface area contributed by atoms with Gasteiger partial charge in [0.15, 0.2) is 5.16 Å². The summed E-state index contributed by atoms with van der Waals surface area (Å²) in [6.45, 7) is 7.55. The quantitative estimate of drug-likeness (QED) is 0.576. The zero-order valence-electron chi connectivity index (χ0n) is 11.5. The second kappa shape index (κ2) is 7.53. The number of aromatic amines is 1. The number of H-pyrrole nitrogens is 1. The third kappa shape index (κ3) is 4.53. The molecule has 4 nitrogen and oxygen atoms in total. The summed E-state index contributed by atoms with van der Waals surface area (Å²) in [7, 11) is 0. The topological polar surface area (TPSA) is 49.9 Å². The van der Waals surface area contributed by atoms with Gasteiger partial charge < -0.3 is 15.0 Å². The first-order valence-corrected chi connectivity index (χ1v) is 7.66. The zero-order chi connectivity index (χ0) is 13.5. The highest BCUT2D eigenvalue weighted by molar-refractivity contribution is 7.99. The molecule has 0 unspecified atom stereocenters. The maximum absolute atomic E-state index is 5.26. The second-order valence-electron chi connectivity index (χ2n) is 4.36. The largest absolute Gasteiger partial charge is 0.380 e. The maximum Gasteiger partial charge on any atom is 0.166 e. The number of nitrogens with one attached hydrogen (secondary N) is 2. The number of thioether (sulfide) groups is 1. The number of hydrogen-bond acceptors (Lipinski definition) is 4. The third-order valence-electron chi connectivity index (χ3n) is 2.76. The summed E-state index contributed by atoms with van der Waals surface area (Å²) in [6.07, 6.45) is 0. The van der Waals surface area contributed by atoms with Crippen LogP contribution in [0.3, 0.4) is 0 Å². The maximum atomic E-state index is 5.26. The van der Waals surface area contributed by atoms with Crippen molar-refractivity contribution in [2.45, 2.75) is 19.0 Å². The van der Waals surface area contributed by atoms with Crippen LogP contribution in [0.15, 0.2) is 23.4 Å². The molecule has 0 fully saturated rings. The van der Waals surface area contributed by atoms with E-state index in [2.05, 4.69) is 40.4 Å². The highest BCUT2D eigenvalue weighted by atomic mass is 32.2. The molecule has 0 radical (unpaired) electrons. The minimum Gasteiger partial charge on any atom is -0.380 e. The van der Waals surface area contributed by atoms with Gasteiger partial charge in [0.1, 0.15) is 0 Å². The van der Waals surface area contributed by atoms with E-state index in [4.69, 9.17) is 4.74 Å². The van der Waals surface area contributed by atoms with E-state index in [9.17, 15) is 0 Å². The number of aromatic nitrogens is 2. The van der Waals surface area contributed by atoms with Crippen molar-refractivity contribution in [2.24, 2.45) is 0 Å². The van der Waals surface area contributed by atoms with E-state index in [0.717, 1.165) is 48.2 Å². The number of imidazole rings is 1. The summed E-state index contributed by atoms with van der Waals surface area (Å²) in [5.41, 5.74) is 3.41. The van der Waals surface area contributed by atoms with Gasteiger partial charge in [-0.1, -0.05) is 17.8 Å². The Morgan fingerprint density at radius 2 is 2.26 bits per heavy atom. The molecule has 1 heterocycles. The van der Waals surface area contributed by atoms with Crippen molar-refractivity contribution in [1.82, 2.24) is 15.3 Å². The van der Waals surface area contributed by atoms with Crippen LogP contribution in [0.2, 0.25) is 0 Å². The number of aryl methyl sites for hydroxylation is 1. The Morgan fingerprint density at radius 3 is 3.11 bits per heavy atom. The lowest BCUT2D eigenvalue weighted by Crippen LogP contribution is -2.22. The number of ether oxygens (including phenoxy) is 1. The van der Waals surface area contributed by atoms with Crippen LogP contribution in [-0.4, -0.2) is 42.0 Å². The molecule has 2 rings (SSSR count). The summed E-state index contributed by atoms with van der Waals surface area (Å²) in [5.74, 6) is 1.00. The first-order valence-electron chi connectivity index (χ1n) is 6.67. The first kappa shape index (κ1) is 14.4. The van der Waals surface area contributed by atoms with Gasteiger partial charge >= 0.3 is 0 Å². The predicted octanol–water partition coefficient (Wildman–Crippen LogP) is 2.59. The van der Waals surface area contributed by atoms with E-state index in [-0.39, 0.29) is 0 Å². The van der Waals surface area contributed by atoms with Gasteiger partial charge in [-0.25, -0.2) is 4.98 Å². The number of benzene rings is 1. The summed E-state index contributed by atoms with van der Waals surface area (Å²) < 4.78 is 5.26. The molecule has 1 aromatic heterocycles. The van der Waals surface area contributed by atoms with E-state index < -0.39 is 0 Å². The van der Waals surface area contributed by atoms with Crippen molar-refractivity contribution in [3.8, 4) is 0 Å². The van der Waals surface area contributed by atoms with E-state index in [0.29, 0.717) is 0 Å². The average Bonchev–Trinajstić information content (AvgIpc) is 2.79. The van der Waals surface area contributed by atoms with Crippen molar-refractivity contribution in [3.63, 3.8) is 0 Å². The monoisotopic (exact) mass is 279 g/mol. The summed E-state index contributed by atoms with van der Waals surface area (Å²) in [5, 5.41) is 4.34. The normalized spacial score (nSPS) is 11.3. The SMILES string of the molecule is CCOCCNCCSc1nc2ccc(C)cc2[nH]1. The third-order valence-corrected chi connectivity index (χ3v) is 3.64. The molecular weight excluding hydrogens is 258 g/mol. The van der Waals surface area contributed by atoms with Gasteiger partial charge in [-0.05, 0) is 31.5 Å². The number of rotatable bonds is 8. The smallest absolute Gasteiger partial charge is 0.166 e. The zero-order valence-corrected chi connectivity index (χ0v) is 12.3. The van der Waals surface area contributed by atoms with Crippen molar-refractivity contribution < 1.29 is 4.74 Å².